The summed E-state index contributed by atoms with van der Waals surface area (Å²) in [6.45, 7) is 3.74. The van der Waals surface area contributed by atoms with Crippen molar-refractivity contribution >= 4 is 51.5 Å². The van der Waals surface area contributed by atoms with E-state index in [4.69, 9.17) is 23.2 Å². The van der Waals surface area contributed by atoms with Gasteiger partial charge in [-0.25, -0.2) is 9.67 Å². The largest absolute Gasteiger partial charge is 0.469 e. The molecule has 0 spiro atoms. The van der Waals surface area contributed by atoms with Crippen LogP contribution in [0.5, 0.6) is 0 Å². The molecule has 3 aromatic rings. The number of hydrogen-bond donors (Lipinski definition) is 1. The molecule has 1 amide bonds. The lowest BCUT2D eigenvalue weighted by Crippen LogP contribution is -2.15. The highest BCUT2D eigenvalue weighted by Gasteiger charge is 2.17. The third-order valence-corrected chi connectivity index (χ3v) is 5.82. The fraction of sp³-hybridized carbons (Fsp3) is 0.263. The summed E-state index contributed by atoms with van der Waals surface area (Å²) in [5, 5.41) is 10.3. The molecular formula is C19H18Cl2N4O3S. The lowest BCUT2D eigenvalue weighted by Gasteiger charge is -2.07. The van der Waals surface area contributed by atoms with E-state index < -0.39 is 0 Å². The van der Waals surface area contributed by atoms with E-state index in [9.17, 15) is 9.59 Å². The smallest absolute Gasteiger partial charge is 0.311 e. The average Bonchev–Trinajstić information content (AvgIpc) is 3.22. The van der Waals surface area contributed by atoms with Crippen LogP contribution in [0.1, 0.15) is 22.6 Å². The number of methoxy groups -OCH3 is 1. The van der Waals surface area contributed by atoms with Crippen LogP contribution in [0, 0.1) is 13.8 Å². The zero-order chi connectivity index (χ0) is 21.1. The Morgan fingerprint density at radius 3 is 2.66 bits per heavy atom. The Balaban J connectivity index is 1.73. The van der Waals surface area contributed by atoms with Crippen LogP contribution in [0.15, 0.2) is 23.6 Å². The van der Waals surface area contributed by atoms with E-state index >= 15 is 0 Å². The Morgan fingerprint density at radius 2 is 1.97 bits per heavy atom. The van der Waals surface area contributed by atoms with Gasteiger partial charge in [-0.1, -0.05) is 23.2 Å². The van der Waals surface area contributed by atoms with Crippen molar-refractivity contribution in [2.45, 2.75) is 26.7 Å². The summed E-state index contributed by atoms with van der Waals surface area (Å²) in [5.41, 5.74) is 3.71. The average molecular weight is 453 g/mol. The second kappa shape index (κ2) is 8.94. The van der Waals surface area contributed by atoms with E-state index in [1.807, 2.05) is 19.9 Å². The van der Waals surface area contributed by atoms with Gasteiger partial charge in [-0.15, -0.1) is 11.3 Å². The predicted octanol–water partition coefficient (Wildman–Crippen LogP) is 4.15. The van der Waals surface area contributed by atoms with Crippen molar-refractivity contribution in [2.24, 2.45) is 0 Å². The van der Waals surface area contributed by atoms with Gasteiger partial charge in [0, 0.05) is 16.6 Å². The van der Waals surface area contributed by atoms with Crippen molar-refractivity contribution in [3.63, 3.8) is 0 Å². The fourth-order valence-electron chi connectivity index (χ4n) is 2.79. The van der Waals surface area contributed by atoms with E-state index in [2.05, 4.69) is 20.1 Å². The molecule has 3 rings (SSSR count). The van der Waals surface area contributed by atoms with Crippen molar-refractivity contribution in [1.29, 1.82) is 0 Å². The molecule has 152 valence electrons. The number of aryl methyl sites for hydroxylation is 1. The number of benzene rings is 1. The molecule has 0 atom stereocenters. The number of nitrogens with one attached hydrogen (secondary N) is 1. The van der Waals surface area contributed by atoms with Crippen molar-refractivity contribution in [3.8, 4) is 5.69 Å². The van der Waals surface area contributed by atoms with Crippen LogP contribution in [0.25, 0.3) is 5.69 Å². The number of ether oxygens (including phenoxy) is 1. The van der Waals surface area contributed by atoms with E-state index in [0.717, 1.165) is 22.6 Å². The molecule has 0 aliphatic heterocycles. The van der Waals surface area contributed by atoms with Gasteiger partial charge >= 0.3 is 5.97 Å². The molecular weight excluding hydrogens is 435 g/mol. The number of rotatable bonds is 6. The summed E-state index contributed by atoms with van der Waals surface area (Å²) < 4.78 is 6.35. The summed E-state index contributed by atoms with van der Waals surface area (Å²) in [6, 6.07) is 5.25. The molecule has 10 heteroatoms. The number of nitrogens with zero attached hydrogens (tertiary/aromatic N) is 3. The van der Waals surface area contributed by atoms with Crippen LogP contribution >= 0.6 is 34.5 Å². The first-order valence-electron chi connectivity index (χ1n) is 8.60. The van der Waals surface area contributed by atoms with Gasteiger partial charge in [-0.2, -0.15) is 5.10 Å². The van der Waals surface area contributed by atoms with Crippen molar-refractivity contribution < 1.29 is 14.3 Å². The molecule has 2 heterocycles. The fourth-order valence-corrected chi connectivity index (χ4v) is 3.81. The highest BCUT2D eigenvalue weighted by Crippen LogP contribution is 2.26. The Hall–Kier alpha value is -2.42. The van der Waals surface area contributed by atoms with Crippen LogP contribution in [-0.4, -0.2) is 33.8 Å². The highest BCUT2D eigenvalue weighted by atomic mass is 35.5. The van der Waals surface area contributed by atoms with Gasteiger partial charge in [0.25, 0.3) is 0 Å². The molecule has 29 heavy (non-hydrogen) atoms. The van der Waals surface area contributed by atoms with E-state index in [1.54, 1.807) is 22.2 Å². The van der Waals surface area contributed by atoms with E-state index in [0.29, 0.717) is 20.9 Å². The van der Waals surface area contributed by atoms with Gasteiger partial charge in [-0.05, 0) is 32.0 Å². The molecule has 0 saturated heterocycles. The molecule has 0 saturated carbocycles. The maximum Gasteiger partial charge on any atom is 0.311 e. The zero-order valence-corrected chi connectivity index (χ0v) is 18.3. The SMILES string of the molecule is COC(=O)Cc1csc(NC(=O)Cc2c(C)nn(-c3ccc(Cl)c(Cl)c3)c2C)n1. The number of halogens is 2. The molecule has 2 aromatic heterocycles. The summed E-state index contributed by atoms with van der Waals surface area (Å²) in [4.78, 5) is 28.1. The molecule has 0 aliphatic carbocycles. The van der Waals surface area contributed by atoms with Gasteiger partial charge in [0.05, 0.1) is 47.1 Å². The Kier molecular flexibility index (Phi) is 6.56. The van der Waals surface area contributed by atoms with Gasteiger partial charge in [0.1, 0.15) is 0 Å². The predicted molar refractivity (Wildman–Crippen MR) is 113 cm³/mol. The number of thiazole rings is 1. The molecule has 1 aromatic carbocycles. The van der Waals surface area contributed by atoms with Crippen molar-refractivity contribution in [2.75, 3.05) is 12.4 Å². The number of aromatic nitrogens is 3. The van der Waals surface area contributed by atoms with Crippen molar-refractivity contribution in [3.05, 3.63) is 56.3 Å². The number of carbonyl (C=O) groups is 2. The normalized spacial score (nSPS) is 10.8. The second-order valence-electron chi connectivity index (χ2n) is 6.28. The molecule has 0 fully saturated rings. The molecule has 7 nitrogen and oxygen atoms in total. The Bertz CT molecular complexity index is 1080. The quantitative estimate of drug-likeness (QED) is 0.567. The first-order valence-corrected chi connectivity index (χ1v) is 10.2. The number of hydrogen-bond acceptors (Lipinski definition) is 6. The summed E-state index contributed by atoms with van der Waals surface area (Å²) in [7, 11) is 1.32. The molecule has 0 aliphatic rings. The topological polar surface area (TPSA) is 86.1 Å². The number of amides is 1. The lowest BCUT2D eigenvalue weighted by atomic mass is 10.1. The lowest BCUT2D eigenvalue weighted by molar-refractivity contribution is -0.139. The third kappa shape index (κ3) is 4.95. The summed E-state index contributed by atoms with van der Waals surface area (Å²) in [6.07, 6.45) is 0.211. The van der Waals surface area contributed by atoms with Gasteiger partial charge < -0.3 is 10.1 Å². The zero-order valence-electron chi connectivity index (χ0n) is 16.0. The minimum atomic E-state index is -0.380. The monoisotopic (exact) mass is 452 g/mol. The van der Waals surface area contributed by atoms with Crippen LogP contribution in [0.3, 0.4) is 0 Å². The van der Waals surface area contributed by atoms with E-state index in [-0.39, 0.29) is 24.7 Å². The highest BCUT2D eigenvalue weighted by molar-refractivity contribution is 7.13. The Labute approximate surface area is 181 Å². The first kappa shape index (κ1) is 21.3. The molecule has 0 bridgehead atoms. The summed E-state index contributed by atoms with van der Waals surface area (Å²) >= 11 is 13.3. The number of esters is 1. The van der Waals surface area contributed by atoms with Crippen molar-refractivity contribution in [1.82, 2.24) is 14.8 Å². The van der Waals surface area contributed by atoms with Gasteiger partial charge in [-0.3, -0.25) is 9.59 Å². The third-order valence-electron chi connectivity index (χ3n) is 4.28. The van der Waals surface area contributed by atoms with Crippen LogP contribution < -0.4 is 5.32 Å². The standard InChI is InChI=1S/C19H18Cl2N4O3S/c1-10-14(11(2)25(24-10)13-4-5-15(20)16(21)7-13)8-17(26)23-19-22-12(9-29-19)6-18(27)28-3/h4-5,7,9H,6,8H2,1-3H3,(H,22,23,26). The van der Waals surface area contributed by atoms with Crippen LogP contribution in [0.4, 0.5) is 5.13 Å². The molecule has 0 radical (unpaired) electrons. The summed E-state index contributed by atoms with van der Waals surface area (Å²) in [5.74, 6) is -0.599. The van der Waals surface area contributed by atoms with Crippen LogP contribution in [-0.2, 0) is 27.2 Å². The second-order valence-corrected chi connectivity index (χ2v) is 7.95. The Morgan fingerprint density at radius 1 is 1.21 bits per heavy atom. The minimum absolute atomic E-state index is 0.0670. The first-order chi connectivity index (χ1) is 13.8. The number of anilines is 1. The van der Waals surface area contributed by atoms with Crippen LogP contribution in [0.2, 0.25) is 10.0 Å². The van der Waals surface area contributed by atoms with Gasteiger partial charge in [0.2, 0.25) is 5.91 Å². The molecule has 1 N–H and O–H groups in total. The maximum absolute atomic E-state index is 12.5. The van der Waals surface area contributed by atoms with E-state index in [1.165, 1.54) is 18.4 Å². The number of carbonyl (C=O) groups excluding carboxylic acids is 2. The van der Waals surface area contributed by atoms with Gasteiger partial charge in [0.15, 0.2) is 5.13 Å². The molecule has 0 unspecified atom stereocenters. The minimum Gasteiger partial charge on any atom is -0.469 e. The maximum atomic E-state index is 12.5.